The van der Waals surface area contributed by atoms with Crippen molar-refractivity contribution in [2.45, 2.75) is 24.3 Å². The van der Waals surface area contributed by atoms with Gasteiger partial charge in [0.05, 0.1) is 19.1 Å². The van der Waals surface area contributed by atoms with Crippen molar-refractivity contribution >= 4 is 21.6 Å². The van der Waals surface area contributed by atoms with E-state index in [0.717, 1.165) is 17.0 Å². The fourth-order valence-corrected chi connectivity index (χ4v) is 5.77. The molecule has 1 N–H and O–H groups in total. The fourth-order valence-electron chi connectivity index (χ4n) is 4.50. The van der Waals surface area contributed by atoms with Gasteiger partial charge < -0.3 is 19.3 Å². The van der Waals surface area contributed by atoms with Crippen molar-refractivity contribution in [3.63, 3.8) is 0 Å². The van der Waals surface area contributed by atoms with Crippen molar-refractivity contribution in [2.75, 3.05) is 45.3 Å². The molecule has 4 rings (SSSR count). The molecular weight excluding hydrogens is 490 g/mol. The molecule has 0 spiro atoms. The molecule has 1 aliphatic rings. The zero-order chi connectivity index (χ0) is 26.4. The maximum Gasteiger partial charge on any atom is 0.241 e. The number of sulfonamides is 1. The van der Waals surface area contributed by atoms with Gasteiger partial charge in [-0.2, -0.15) is 4.72 Å². The third kappa shape index (κ3) is 6.42. The van der Waals surface area contributed by atoms with Crippen molar-refractivity contribution in [1.29, 1.82) is 0 Å². The summed E-state index contributed by atoms with van der Waals surface area (Å²) in [5.41, 5.74) is 2.64. The Morgan fingerprint density at radius 3 is 2.19 bits per heavy atom. The molecule has 0 aromatic heterocycles. The van der Waals surface area contributed by atoms with Crippen molar-refractivity contribution < 1.29 is 22.7 Å². The van der Waals surface area contributed by atoms with Gasteiger partial charge in [-0.15, -0.1) is 0 Å². The van der Waals surface area contributed by atoms with Crippen LogP contribution in [0.1, 0.15) is 11.1 Å². The highest BCUT2D eigenvalue weighted by Crippen LogP contribution is 2.23. The van der Waals surface area contributed by atoms with Gasteiger partial charge in [0.1, 0.15) is 17.5 Å². The zero-order valence-corrected chi connectivity index (χ0v) is 22.2. The fraction of sp³-hybridized carbons (Fsp3) is 0.321. The molecule has 196 valence electrons. The van der Waals surface area contributed by atoms with E-state index in [0.29, 0.717) is 37.5 Å². The second-order valence-electron chi connectivity index (χ2n) is 9.01. The summed E-state index contributed by atoms with van der Waals surface area (Å²) in [5, 5.41) is 0. The quantitative estimate of drug-likeness (QED) is 0.463. The van der Waals surface area contributed by atoms with E-state index in [4.69, 9.17) is 9.47 Å². The number of ether oxygens (including phenoxy) is 2. The molecule has 1 heterocycles. The molecule has 0 unspecified atom stereocenters. The van der Waals surface area contributed by atoms with Crippen LogP contribution in [0.4, 0.5) is 5.69 Å². The predicted octanol–water partition coefficient (Wildman–Crippen LogP) is 3.25. The molecule has 3 aromatic rings. The molecule has 1 fully saturated rings. The van der Waals surface area contributed by atoms with Gasteiger partial charge in [0, 0.05) is 31.9 Å². The highest BCUT2D eigenvalue weighted by atomic mass is 32.2. The lowest BCUT2D eigenvalue weighted by atomic mass is 10.1. The first-order valence-electron chi connectivity index (χ1n) is 12.2. The zero-order valence-electron chi connectivity index (χ0n) is 21.4. The second kappa shape index (κ2) is 11.7. The van der Waals surface area contributed by atoms with E-state index in [-0.39, 0.29) is 17.2 Å². The Labute approximate surface area is 218 Å². The third-order valence-corrected chi connectivity index (χ3v) is 8.05. The number of hydrogen-bond donors (Lipinski definition) is 1. The molecule has 0 bridgehead atoms. The summed E-state index contributed by atoms with van der Waals surface area (Å²) in [6.07, 6.45) is 0.257. The number of hydrogen-bond acceptors (Lipinski definition) is 6. The Hall–Kier alpha value is -3.56. The number of amides is 1. The van der Waals surface area contributed by atoms with Gasteiger partial charge in [0.2, 0.25) is 15.9 Å². The lowest BCUT2D eigenvalue weighted by Crippen LogP contribution is -2.55. The molecule has 3 aromatic carbocycles. The minimum atomic E-state index is -3.95. The van der Waals surface area contributed by atoms with E-state index in [1.54, 1.807) is 31.1 Å². The summed E-state index contributed by atoms with van der Waals surface area (Å²) < 4.78 is 39.8. The second-order valence-corrected chi connectivity index (χ2v) is 10.7. The van der Waals surface area contributed by atoms with Crippen molar-refractivity contribution in [1.82, 2.24) is 9.62 Å². The topological polar surface area (TPSA) is 88.2 Å². The van der Waals surface area contributed by atoms with Crippen LogP contribution >= 0.6 is 0 Å². The number of nitrogens with one attached hydrogen (secondary N) is 1. The van der Waals surface area contributed by atoms with Gasteiger partial charge in [0.25, 0.3) is 0 Å². The highest BCUT2D eigenvalue weighted by molar-refractivity contribution is 7.89. The SMILES string of the molecule is COc1ccc(N2CCN(C(=O)[C@H](Cc3ccccc3)NS(=O)(=O)c3ccc(OC)c(C)c3)CC2)cc1. The lowest BCUT2D eigenvalue weighted by Gasteiger charge is -2.37. The van der Waals surface area contributed by atoms with Crippen molar-refractivity contribution in [3.05, 3.63) is 83.9 Å². The summed E-state index contributed by atoms with van der Waals surface area (Å²) in [6, 6.07) is 21.0. The summed E-state index contributed by atoms with van der Waals surface area (Å²) in [4.78, 5) is 17.7. The predicted molar refractivity (Wildman–Crippen MR) is 144 cm³/mol. The van der Waals surface area contributed by atoms with Gasteiger partial charge >= 0.3 is 0 Å². The standard InChI is InChI=1S/C28H33N3O5S/c1-21-19-25(13-14-27(21)36-3)37(33,34)29-26(20-22-7-5-4-6-8-22)28(32)31-17-15-30(16-18-31)23-9-11-24(35-2)12-10-23/h4-14,19,26,29H,15-18,20H2,1-3H3/t26-/m0/s1. The third-order valence-electron chi connectivity index (χ3n) is 6.58. The Morgan fingerprint density at radius 2 is 1.59 bits per heavy atom. The van der Waals surface area contributed by atoms with Crippen LogP contribution in [0.3, 0.4) is 0 Å². The van der Waals surface area contributed by atoms with Crippen LogP contribution in [0.5, 0.6) is 11.5 Å². The summed E-state index contributed by atoms with van der Waals surface area (Å²) in [5.74, 6) is 1.17. The first-order valence-corrected chi connectivity index (χ1v) is 13.7. The smallest absolute Gasteiger partial charge is 0.241 e. The van der Waals surface area contributed by atoms with E-state index < -0.39 is 16.1 Å². The monoisotopic (exact) mass is 523 g/mol. The molecule has 0 saturated carbocycles. The van der Waals surface area contributed by atoms with Gasteiger partial charge in [0.15, 0.2) is 0 Å². The molecule has 1 amide bonds. The van der Waals surface area contributed by atoms with Crippen LogP contribution in [0, 0.1) is 6.92 Å². The highest BCUT2D eigenvalue weighted by Gasteiger charge is 2.31. The molecule has 9 heteroatoms. The van der Waals surface area contributed by atoms with Crippen molar-refractivity contribution in [2.24, 2.45) is 0 Å². The molecule has 0 aliphatic carbocycles. The average molecular weight is 524 g/mol. The first-order chi connectivity index (χ1) is 17.8. The van der Waals surface area contributed by atoms with Crippen LogP contribution in [-0.2, 0) is 21.2 Å². The van der Waals surface area contributed by atoms with Gasteiger partial charge in [-0.05, 0) is 66.9 Å². The van der Waals surface area contributed by atoms with Crippen molar-refractivity contribution in [3.8, 4) is 11.5 Å². The Balaban J connectivity index is 1.50. The number of anilines is 1. The van der Waals surface area contributed by atoms with Gasteiger partial charge in [-0.3, -0.25) is 4.79 Å². The average Bonchev–Trinajstić information content (AvgIpc) is 2.93. The van der Waals surface area contributed by atoms with E-state index in [1.807, 2.05) is 54.6 Å². The summed E-state index contributed by atoms with van der Waals surface area (Å²) >= 11 is 0. The molecule has 8 nitrogen and oxygen atoms in total. The normalized spacial score (nSPS) is 14.8. The van der Waals surface area contributed by atoms with E-state index in [2.05, 4.69) is 9.62 Å². The molecular formula is C28H33N3O5S. The van der Waals surface area contributed by atoms with Crippen LogP contribution in [0.15, 0.2) is 77.7 Å². The Kier molecular flexibility index (Phi) is 8.35. The lowest BCUT2D eigenvalue weighted by molar-refractivity contribution is -0.133. The van der Waals surface area contributed by atoms with E-state index >= 15 is 0 Å². The maximum absolute atomic E-state index is 13.6. The number of carbonyl (C=O) groups excluding carboxylic acids is 1. The van der Waals surface area contributed by atoms with Gasteiger partial charge in [-0.25, -0.2) is 8.42 Å². The van der Waals surface area contributed by atoms with Crippen LogP contribution in [0.25, 0.3) is 0 Å². The summed E-state index contributed by atoms with van der Waals surface area (Å²) in [6.45, 7) is 4.09. The number of piperazine rings is 1. The minimum Gasteiger partial charge on any atom is -0.497 e. The molecule has 37 heavy (non-hydrogen) atoms. The Morgan fingerprint density at radius 1 is 0.919 bits per heavy atom. The molecule has 1 atom stereocenters. The first kappa shape index (κ1) is 26.5. The molecule has 0 radical (unpaired) electrons. The van der Waals surface area contributed by atoms with E-state index in [1.165, 1.54) is 13.2 Å². The van der Waals surface area contributed by atoms with Crippen LogP contribution in [0.2, 0.25) is 0 Å². The number of methoxy groups -OCH3 is 2. The number of rotatable bonds is 9. The largest absolute Gasteiger partial charge is 0.497 e. The molecule has 1 aliphatic heterocycles. The number of aryl methyl sites for hydroxylation is 1. The summed E-state index contributed by atoms with van der Waals surface area (Å²) in [7, 11) is -0.773. The Bertz CT molecular complexity index is 1310. The van der Waals surface area contributed by atoms with E-state index in [9.17, 15) is 13.2 Å². The van der Waals surface area contributed by atoms with Gasteiger partial charge in [-0.1, -0.05) is 30.3 Å². The minimum absolute atomic E-state index is 0.0981. The maximum atomic E-state index is 13.6. The van der Waals surface area contributed by atoms with Crippen LogP contribution < -0.4 is 19.1 Å². The number of nitrogens with zero attached hydrogens (tertiary/aromatic N) is 2. The van der Waals surface area contributed by atoms with Crippen LogP contribution in [-0.4, -0.2) is 65.7 Å². The number of benzene rings is 3. The molecule has 1 saturated heterocycles. The number of carbonyl (C=O) groups is 1.